The molecule has 0 saturated carbocycles. The van der Waals surface area contributed by atoms with Gasteiger partial charge in [-0.05, 0) is 19.4 Å². The lowest BCUT2D eigenvalue weighted by molar-refractivity contribution is -0.115. The van der Waals surface area contributed by atoms with Crippen molar-refractivity contribution in [2.24, 2.45) is 0 Å². The molecule has 0 atom stereocenters. The Balaban J connectivity index is 3.10. The van der Waals surface area contributed by atoms with Crippen LogP contribution in [0.5, 0.6) is 0 Å². The van der Waals surface area contributed by atoms with Crippen LogP contribution in [0, 0.1) is 18.3 Å². The van der Waals surface area contributed by atoms with Gasteiger partial charge < -0.3 is 5.11 Å². The van der Waals surface area contributed by atoms with Gasteiger partial charge in [-0.1, -0.05) is 6.92 Å². The third kappa shape index (κ3) is 2.71. The monoisotopic (exact) mass is 235 g/mol. The zero-order chi connectivity index (χ0) is 12.1. The van der Waals surface area contributed by atoms with Gasteiger partial charge in [0.1, 0.15) is 17.4 Å². The number of aryl methyl sites for hydroxylation is 1. The van der Waals surface area contributed by atoms with Gasteiger partial charge in [0.05, 0.1) is 0 Å². The number of hydrogen-bond donors (Lipinski definition) is 1. The maximum atomic E-state index is 11.6. The van der Waals surface area contributed by atoms with Crippen LogP contribution in [-0.2, 0) is 4.79 Å². The zero-order valence-electron chi connectivity index (χ0n) is 9.28. The molecule has 0 aliphatic carbocycles. The van der Waals surface area contributed by atoms with Crippen LogP contribution in [0.25, 0.3) is 5.76 Å². The van der Waals surface area contributed by atoms with E-state index in [2.05, 4.69) is 0 Å². The number of hydrogen-bond acceptors (Lipinski definition) is 4. The fraction of sp³-hybridized carbons (Fsp3) is 0.333. The van der Waals surface area contributed by atoms with E-state index in [-0.39, 0.29) is 23.5 Å². The fourth-order valence-corrected chi connectivity index (χ4v) is 2.00. The number of nitriles is 1. The van der Waals surface area contributed by atoms with Gasteiger partial charge in [0.25, 0.3) is 0 Å². The van der Waals surface area contributed by atoms with Gasteiger partial charge in [0.2, 0.25) is 0 Å². The summed E-state index contributed by atoms with van der Waals surface area (Å²) in [5, 5.41) is 20.4. The first-order chi connectivity index (χ1) is 7.60. The predicted octanol–water partition coefficient (Wildman–Crippen LogP) is 3.22. The van der Waals surface area contributed by atoms with Crippen LogP contribution in [0.3, 0.4) is 0 Å². The second kappa shape index (κ2) is 5.47. The van der Waals surface area contributed by atoms with E-state index in [0.29, 0.717) is 12.0 Å². The molecule has 1 heterocycles. The first-order valence-electron chi connectivity index (χ1n) is 5.02. The predicted molar refractivity (Wildman–Crippen MR) is 64.1 cm³/mol. The molecule has 0 amide bonds. The van der Waals surface area contributed by atoms with Gasteiger partial charge in [-0.15, -0.1) is 11.3 Å². The topological polar surface area (TPSA) is 61.1 Å². The summed E-state index contributed by atoms with van der Waals surface area (Å²) in [6.45, 7) is 3.76. The second-order valence-electron chi connectivity index (χ2n) is 3.45. The number of aliphatic hydroxyl groups is 1. The molecule has 1 N–H and O–H groups in total. The number of aliphatic hydroxyl groups excluding tert-OH is 1. The van der Waals surface area contributed by atoms with E-state index >= 15 is 0 Å². The summed E-state index contributed by atoms with van der Waals surface area (Å²) in [4.78, 5) is 12.6. The highest BCUT2D eigenvalue weighted by Crippen LogP contribution is 2.22. The van der Waals surface area contributed by atoms with Gasteiger partial charge in [-0.2, -0.15) is 5.26 Å². The summed E-state index contributed by atoms with van der Waals surface area (Å²) in [5.41, 5.74) is 0.406. The van der Waals surface area contributed by atoms with Crippen LogP contribution in [-0.4, -0.2) is 10.9 Å². The summed E-state index contributed by atoms with van der Waals surface area (Å²) < 4.78 is 0. The molecule has 0 spiro atoms. The molecule has 0 radical (unpaired) electrons. The van der Waals surface area contributed by atoms with Gasteiger partial charge in [-0.25, -0.2) is 0 Å². The Kier molecular flexibility index (Phi) is 4.27. The maximum absolute atomic E-state index is 11.6. The smallest absolute Gasteiger partial charge is 0.177 e. The van der Waals surface area contributed by atoms with E-state index in [1.807, 2.05) is 13.8 Å². The van der Waals surface area contributed by atoms with E-state index < -0.39 is 0 Å². The fourth-order valence-electron chi connectivity index (χ4n) is 1.31. The van der Waals surface area contributed by atoms with Crippen LogP contribution in [0.2, 0.25) is 0 Å². The molecular weight excluding hydrogens is 222 g/mol. The number of Topliss-reactive ketones (excluding diaryl/α,β-unsaturated/α-hetero) is 1. The Morgan fingerprint density at radius 3 is 2.75 bits per heavy atom. The van der Waals surface area contributed by atoms with E-state index in [4.69, 9.17) is 5.26 Å². The van der Waals surface area contributed by atoms with Crippen molar-refractivity contribution in [3.8, 4) is 6.07 Å². The van der Waals surface area contributed by atoms with Gasteiger partial charge in [-0.3, -0.25) is 4.79 Å². The Labute approximate surface area is 98.7 Å². The maximum Gasteiger partial charge on any atom is 0.177 e. The summed E-state index contributed by atoms with van der Waals surface area (Å²) in [5.74, 6) is -0.503. The summed E-state index contributed by atoms with van der Waals surface area (Å²) >= 11 is 1.47. The van der Waals surface area contributed by atoms with Crippen molar-refractivity contribution in [2.45, 2.75) is 26.7 Å². The second-order valence-corrected chi connectivity index (χ2v) is 4.57. The summed E-state index contributed by atoms with van der Waals surface area (Å²) in [6.07, 6.45) is 0.954. The van der Waals surface area contributed by atoms with Crippen LogP contribution in [0.1, 0.15) is 30.2 Å². The number of allylic oxidation sites excluding steroid dienone is 1. The molecule has 1 aromatic rings. The van der Waals surface area contributed by atoms with Gasteiger partial charge in [0.15, 0.2) is 5.78 Å². The Morgan fingerprint density at radius 2 is 2.31 bits per heavy atom. The minimum atomic E-state index is -0.300. The van der Waals surface area contributed by atoms with E-state index in [1.165, 1.54) is 11.3 Å². The number of carbonyl (C=O) groups excluding carboxylic acids is 1. The number of rotatable bonds is 4. The molecule has 0 aliphatic rings. The molecule has 3 nitrogen and oxygen atoms in total. The molecule has 0 aliphatic heterocycles. The van der Waals surface area contributed by atoms with Crippen molar-refractivity contribution < 1.29 is 9.90 Å². The van der Waals surface area contributed by atoms with Crippen LogP contribution in [0.4, 0.5) is 0 Å². The third-order valence-corrected chi connectivity index (χ3v) is 2.97. The minimum absolute atomic E-state index is 0.139. The van der Waals surface area contributed by atoms with Crippen molar-refractivity contribution in [2.75, 3.05) is 0 Å². The number of carbonyl (C=O) groups is 1. The van der Waals surface area contributed by atoms with E-state index in [0.717, 1.165) is 4.88 Å². The number of nitrogens with zero attached hydrogens (tertiary/aromatic N) is 1. The first kappa shape index (κ1) is 12.5. The normalized spacial score (nSPS) is 11.8. The van der Waals surface area contributed by atoms with Gasteiger partial charge >= 0.3 is 0 Å². The largest absolute Gasteiger partial charge is 0.506 e. The van der Waals surface area contributed by atoms with E-state index in [9.17, 15) is 9.90 Å². The van der Waals surface area contributed by atoms with Crippen molar-refractivity contribution in [3.63, 3.8) is 0 Å². The highest BCUT2D eigenvalue weighted by Gasteiger charge is 2.16. The Hall–Kier alpha value is -1.60. The highest BCUT2D eigenvalue weighted by atomic mass is 32.1. The number of thiophene rings is 1. The quantitative estimate of drug-likeness (QED) is 0.495. The Bertz CT molecular complexity index is 466. The standard InChI is InChI=1S/C12H13NO2S/c1-3-4-11(14)10(6-13)12(15)9-5-8(2)16-7-9/h5,7,15H,3-4H2,1-2H3. The molecule has 16 heavy (non-hydrogen) atoms. The molecular formula is C12H13NO2S. The average Bonchev–Trinajstić information content (AvgIpc) is 2.66. The van der Waals surface area contributed by atoms with Crippen LogP contribution in [0.15, 0.2) is 17.0 Å². The molecule has 0 aromatic carbocycles. The molecule has 0 unspecified atom stereocenters. The molecule has 4 heteroatoms. The summed E-state index contributed by atoms with van der Waals surface area (Å²) in [6, 6.07) is 3.54. The average molecular weight is 235 g/mol. The SMILES string of the molecule is CCCC(=O)C(C#N)=C(O)c1csc(C)c1. The highest BCUT2D eigenvalue weighted by molar-refractivity contribution is 7.10. The lowest BCUT2D eigenvalue weighted by Gasteiger charge is -2.00. The third-order valence-electron chi connectivity index (χ3n) is 2.11. The first-order valence-corrected chi connectivity index (χ1v) is 5.90. The van der Waals surface area contributed by atoms with Gasteiger partial charge in [0, 0.05) is 22.2 Å². The molecule has 84 valence electrons. The lowest BCUT2D eigenvalue weighted by Crippen LogP contribution is -2.03. The lowest BCUT2D eigenvalue weighted by atomic mass is 10.0. The number of ketones is 1. The minimum Gasteiger partial charge on any atom is -0.506 e. The molecule has 1 rings (SSSR count). The van der Waals surface area contributed by atoms with Crippen LogP contribution < -0.4 is 0 Å². The zero-order valence-corrected chi connectivity index (χ0v) is 10.1. The van der Waals surface area contributed by atoms with Crippen molar-refractivity contribution in [1.82, 2.24) is 0 Å². The Morgan fingerprint density at radius 1 is 1.62 bits per heavy atom. The summed E-state index contributed by atoms with van der Waals surface area (Å²) in [7, 11) is 0. The molecule has 0 bridgehead atoms. The van der Waals surface area contributed by atoms with E-state index in [1.54, 1.807) is 17.5 Å². The van der Waals surface area contributed by atoms with Crippen molar-refractivity contribution in [1.29, 1.82) is 5.26 Å². The molecule has 0 fully saturated rings. The van der Waals surface area contributed by atoms with Crippen LogP contribution >= 0.6 is 11.3 Å². The van der Waals surface area contributed by atoms with Crippen molar-refractivity contribution >= 4 is 22.9 Å². The molecule has 0 saturated heterocycles. The van der Waals surface area contributed by atoms with Crippen molar-refractivity contribution in [3.05, 3.63) is 27.5 Å². The molecule has 1 aromatic heterocycles.